The zero-order valence-corrected chi connectivity index (χ0v) is 11.9. The van der Waals surface area contributed by atoms with E-state index in [2.05, 4.69) is 16.0 Å². The van der Waals surface area contributed by atoms with Crippen LogP contribution >= 0.6 is 0 Å². The van der Waals surface area contributed by atoms with Crippen molar-refractivity contribution in [2.45, 2.75) is 32.9 Å². The molecule has 0 saturated heterocycles. The van der Waals surface area contributed by atoms with Crippen LogP contribution in [0.2, 0.25) is 0 Å². The Bertz CT molecular complexity index is 457. The first-order chi connectivity index (χ1) is 9.42. The van der Waals surface area contributed by atoms with E-state index in [9.17, 15) is 9.59 Å². The SMILES string of the molecule is CC(C)NC(=O)Nc1ccc(C(=O)NC(C)CO)cc1. The second-order valence-corrected chi connectivity index (χ2v) is 4.89. The van der Waals surface area contributed by atoms with Gasteiger partial charge in [-0.3, -0.25) is 4.79 Å². The molecule has 1 rings (SSSR count). The Hall–Kier alpha value is -2.08. The van der Waals surface area contributed by atoms with Gasteiger partial charge in [-0.05, 0) is 45.0 Å². The van der Waals surface area contributed by atoms with Crippen LogP contribution in [0.3, 0.4) is 0 Å². The molecule has 0 aliphatic carbocycles. The van der Waals surface area contributed by atoms with Crippen molar-refractivity contribution in [3.8, 4) is 0 Å². The summed E-state index contributed by atoms with van der Waals surface area (Å²) in [6.45, 7) is 5.34. The predicted molar refractivity (Wildman–Crippen MR) is 77.7 cm³/mol. The summed E-state index contributed by atoms with van der Waals surface area (Å²) in [5, 5.41) is 16.9. The molecule has 0 radical (unpaired) electrons. The standard InChI is InChI=1S/C14H21N3O3/c1-9(2)15-14(20)17-12-6-4-11(5-7-12)13(19)16-10(3)8-18/h4-7,9-10,18H,8H2,1-3H3,(H,16,19)(H2,15,17,20). The van der Waals surface area contributed by atoms with Crippen LogP contribution in [0.1, 0.15) is 31.1 Å². The monoisotopic (exact) mass is 279 g/mol. The number of carbonyl (C=O) groups is 2. The summed E-state index contributed by atoms with van der Waals surface area (Å²) in [6.07, 6.45) is 0. The van der Waals surface area contributed by atoms with Gasteiger partial charge in [-0.2, -0.15) is 0 Å². The van der Waals surface area contributed by atoms with E-state index in [1.54, 1.807) is 31.2 Å². The molecule has 1 unspecified atom stereocenters. The summed E-state index contributed by atoms with van der Waals surface area (Å²) >= 11 is 0. The highest BCUT2D eigenvalue weighted by molar-refractivity contribution is 5.95. The lowest BCUT2D eigenvalue weighted by Gasteiger charge is -2.12. The Morgan fingerprint density at radius 3 is 2.20 bits per heavy atom. The molecule has 1 aromatic carbocycles. The molecule has 6 heteroatoms. The van der Waals surface area contributed by atoms with Gasteiger partial charge in [-0.1, -0.05) is 0 Å². The predicted octanol–water partition coefficient (Wildman–Crippen LogP) is 1.33. The van der Waals surface area contributed by atoms with Gasteiger partial charge in [0.15, 0.2) is 0 Å². The average molecular weight is 279 g/mol. The molecule has 4 N–H and O–H groups in total. The molecule has 0 aromatic heterocycles. The third-order valence-electron chi connectivity index (χ3n) is 2.48. The van der Waals surface area contributed by atoms with E-state index in [1.165, 1.54) is 0 Å². The van der Waals surface area contributed by atoms with Gasteiger partial charge in [0.1, 0.15) is 0 Å². The largest absolute Gasteiger partial charge is 0.394 e. The lowest BCUT2D eigenvalue weighted by Crippen LogP contribution is -2.35. The van der Waals surface area contributed by atoms with E-state index in [-0.39, 0.29) is 30.6 Å². The molecule has 3 amide bonds. The van der Waals surface area contributed by atoms with Crippen molar-refractivity contribution in [3.63, 3.8) is 0 Å². The lowest BCUT2D eigenvalue weighted by atomic mass is 10.2. The van der Waals surface area contributed by atoms with Crippen molar-refractivity contribution < 1.29 is 14.7 Å². The summed E-state index contributed by atoms with van der Waals surface area (Å²) in [5.41, 5.74) is 1.08. The van der Waals surface area contributed by atoms with Gasteiger partial charge in [0, 0.05) is 23.3 Å². The molecule has 20 heavy (non-hydrogen) atoms. The van der Waals surface area contributed by atoms with Gasteiger partial charge in [-0.25, -0.2) is 4.79 Å². The Kier molecular flexibility index (Phi) is 5.99. The topological polar surface area (TPSA) is 90.5 Å². The first kappa shape index (κ1) is 16.0. The fraction of sp³-hybridized carbons (Fsp3) is 0.429. The lowest BCUT2D eigenvalue weighted by molar-refractivity contribution is 0.0922. The number of amides is 3. The number of hydrogen-bond donors (Lipinski definition) is 4. The van der Waals surface area contributed by atoms with Crippen LogP contribution < -0.4 is 16.0 Å². The highest BCUT2D eigenvalue weighted by Crippen LogP contribution is 2.09. The van der Waals surface area contributed by atoms with E-state index < -0.39 is 0 Å². The summed E-state index contributed by atoms with van der Waals surface area (Å²) in [5.74, 6) is -0.260. The maximum Gasteiger partial charge on any atom is 0.319 e. The maximum absolute atomic E-state index is 11.8. The molecule has 0 fully saturated rings. The van der Waals surface area contributed by atoms with Crippen LogP contribution in [0, 0.1) is 0 Å². The number of urea groups is 1. The second kappa shape index (κ2) is 7.49. The number of hydrogen-bond acceptors (Lipinski definition) is 3. The second-order valence-electron chi connectivity index (χ2n) is 4.89. The third-order valence-corrected chi connectivity index (χ3v) is 2.48. The minimum absolute atomic E-state index is 0.0556. The number of aliphatic hydroxyl groups is 1. The minimum atomic E-state index is -0.294. The Labute approximate surface area is 118 Å². The molecule has 0 heterocycles. The highest BCUT2D eigenvalue weighted by Gasteiger charge is 2.09. The summed E-state index contributed by atoms with van der Waals surface area (Å²) in [4.78, 5) is 23.3. The van der Waals surface area contributed by atoms with E-state index >= 15 is 0 Å². The van der Waals surface area contributed by atoms with Crippen molar-refractivity contribution in [1.82, 2.24) is 10.6 Å². The molecule has 110 valence electrons. The zero-order valence-electron chi connectivity index (χ0n) is 11.9. The number of benzene rings is 1. The maximum atomic E-state index is 11.8. The summed E-state index contributed by atoms with van der Waals surface area (Å²) in [6, 6.07) is 6.01. The van der Waals surface area contributed by atoms with E-state index in [0.29, 0.717) is 11.3 Å². The smallest absolute Gasteiger partial charge is 0.319 e. The molecule has 1 aromatic rings. The first-order valence-electron chi connectivity index (χ1n) is 6.51. The quantitative estimate of drug-likeness (QED) is 0.655. The summed E-state index contributed by atoms with van der Waals surface area (Å²) < 4.78 is 0. The van der Waals surface area contributed by atoms with Crippen LogP contribution in [0.25, 0.3) is 0 Å². The minimum Gasteiger partial charge on any atom is -0.394 e. The van der Waals surface area contributed by atoms with Gasteiger partial charge in [0.2, 0.25) is 0 Å². The number of nitrogens with one attached hydrogen (secondary N) is 3. The van der Waals surface area contributed by atoms with Crippen LogP contribution in [0.15, 0.2) is 24.3 Å². The Balaban J connectivity index is 2.60. The average Bonchev–Trinajstić information content (AvgIpc) is 2.38. The fourth-order valence-corrected chi connectivity index (χ4v) is 1.49. The third kappa shape index (κ3) is 5.27. The van der Waals surface area contributed by atoms with Crippen LogP contribution in [-0.4, -0.2) is 35.7 Å². The summed E-state index contributed by atoms with van der Waals surface area (Å²) in [7, 11) is 0. The normalized spacial score (nSPS) is 11.8. The number of anilines is 1. The molecule has 0 aliphatic rings. The molecule has 0 bridgehead atoms. The van der Waals surface area contributed by atoms with Gasteiger partial charge in [0.05, 0.1) is 6.61 Å². The van der Waals surface area contributed by atoms with Crippen molar-refractivity contribution in [1.29, 1.82) is 0 Å². The van der Waals surface area contributed by atoms with Crippen molar-refractivity contribution in [3.05, 3.63) is 29.8 Å². The number of rotatable bonds is 5. The Morgan fingerprint density at radius 2 is 1.70 bits per heavy atom. The fourth-order valence-electron chi connectivity index (χ4n) is 1.49. The highest BCUT2D eigenvalue weighted by atomic mass is 16.3. The van der Waals surface area contributed by atoms with E-state index in [0.717, 1.165) is 0 Å². The molecule has 6 nitrogen and oxygen atoms in total. The van der Waals surface area contributed by atoms with Gasteiger partial charge in [-0.15, -0.1) is 0 Å². The van der Waals surface area contributed by atoms with Gasteiger partial charge < -0.3 is 21.1 Å². The van der Waals surface area contributed by atoms with Crippen molar-refractivity contribution in [2.75, 3.05) is 11.9 Å². The zero-order chi connectivity index (χ0) is 15.1. The number of aliphatic hydroxyl groups excluding tert-OH is 1. The van der Waals surface area contributed by atoms with E-state index in [1.807, 2.05) is 13.8 Å². The van der Waals surface area contributed by atoms with Crippen LogP contribution in [0.5, 0.6) is 0 Å². The molecule has 1 atom stereocenters. The number of carbonyl (C=O) groups excluding carboxylic acids is 2. The molecular weight excluding hydrogens is 258 g/mol. The molecule has 0 aliphatic heterocycles. The van der Waals surface area contributed by atoms with Crippen LogP contribution in [0.4, 0.5) is 10.5 Å². The van der Waals surface area contributed by atoms with E-state index in [4.69, 9.17) is 5.11 Å². The van der Waals surface area contributed by atoms with Crippen LogP contribution in [-0.2, 0) is 0 Å². The molecule has 0 saturated carbocycles. The van der Waals surface area contributed by atoms with Crippen molar-refractivity contribution in [2.24, 2.45) is 0 Å². The molecule has 0 spiro atoms. The molecular formula is C14H21N3O3. The van der Waals surface area contributed by atoms with Gasteiger partial charge >= 0.3 is 6.03 Å². The van der Waals surface area contributed by atoms with Gasteiger partial charge in [0.25, 0.3) is 5.91 Å². The Morgan fingerprint density at radius 1 is 1.10 bits per heavy atom. The van der Waals surface area contributed by atoms with Crippen molar-refractivity contribution >= 4 is 17.6 Å². The first-order valence-corrected chi connectivity index (χ1v) is 6.51.